The predicted octanol–water partition coefficient (Wildman–Crippen LogP) is 0.748. The lowest BCUT2D eigenvalue weighted by Gasteiger charge is -2.26. The van der Waals surface area contributed by atoms with E-state index in [9.17, 15) is 9.59 Å². The quantitative estimate of drug-likeness (QED) is 0.748. The van der Waals surface area contributed by atoms with Crippen LogP contribution in [0.4, 0.5) is 5.69 Å². The zero-order chi connectivity index (χ0) is 15.2. The Morgan fingerprint density at radius 1 is 1.33 bits per heavy atom. The molecule has 3 N–H and O–H groups in total. The van der Waals surface area contributed by atoms with Crippen LogP contribution < -0.4 is 20.7 Å². The van der Waals surface area contributed by atoms with Crippen LogP contribution in [0.15, 0.2) is 24.3 Å². The van der Waals surface area contributed by atoms with Crippen LogP contribution in [0, 0.1) is 5.92 Å². The second kappa shape index (κ2) is 6.97. The molecule has 6 nitrogen and oxygen atoms in total. The average molecular weight is 291 g/mol. The van der Waals surface area contributed by atoms with E-state index in [0.717, 1.165) is 5.69 Å². The fraction of sp³-hybridized carbons (Fsp3) is 0.467. The minimum Gasteiger partial charge on any atom is -0.477 e. The van der Waals surface area contributed by atoms with E-state index in [0.29, 0.717) is 24.8 Å². The van der Waals surface area contributed by atoms with E-state index in [-0.39, 0.29) is 18.4 Å². The Balaban J connectivity index is 1.78. The summed E-state index contributed by atoms with van der Waals surface area (Å²) in [6.07, 6.45) is -0.627. The Bertz CT molecular complexity index is 517. The van der Waals surface area contributed by atoms with Crippen molar-refractivity contribution in [1.29, 1.82) is 0 Å². The maximum atomic E-state index is 12.0. The number of benzene rings is 1. The Morgan fingerprint density at radius 3 is 2.86 bits per heavy atom. The summed E-state index contributed by atoms with van der Waals surface area (Å²) < 4.78 is 5.62. The molecule has 2 amide bonds. The summed E-state index contributed by atoms with van der Waals surface area (Å²) in [5.74, 6) is 0.540. The Kier molecular flexibility index (Phi) is 5.03. The molecule has 1 atom stereocenters. The topological polar surface area (TPSA) is 79.5 Å². The first-order valence-corrected chi connectivity index (χ1v) is 7.10. The van der Waals surface area contributed by atoms with Crippen LogP contribution in [0.2, 0.25) is 0 Å². The molecule has 1 aromatic carbocycles. The summed E-state index contributed by atoms with van der Waals surface area (Å²) >= 11 is 0. The van der Waals surface area contributed by atoms with Crippen LogP contribution in [-0.2, 0) is 9.59 Å². The number of ether oxygens (including phenoxy) is 1. The molecule has 0 aromatic heterocycles. The highest BCUT2D eigenvalue weighted by Gasteiger charge is 2.25. The van der Waals surface area contributed by atoms with E-state index in [1.54, 1.807) is 6.07 Å². The number of carbonyl (C=O) groups is 2. The highest BCUT2D eigenvalue weighted by molar-refractivity contribution is 5.88. The van der Waals surface area contributed by atoms with Crippen LogP contribution in [-0.4, -0.2) is 37.6 Å². The van der Waals surface area contributed by atoms with E-state index in [2.05, 4.69) is 16.0 Å². The smallest absolute Gasteiger partial charge is 0.263 e. The molecular formula is C15H21N3O3. The molecule has 0 saturated heterocycles. The summed E-state index contributed by atoms with van der Waals surface area (Å²) in [6, 6.07) is 7.44. The van der Waals surface area contributed by atoms with Gasteiger partial charge in [0.05, 0.1) is 18.8 Å². The third kappa shape index (κ3) is 4.37. The first-order valence-electron chi connectivity index (χ1n) is 7.10. The zero-order valence-electron chi connectivity index (χ0n) is 12.3. The van der Waals surface area contributed by atoms with Crippen LogP contribution in [0.25, 0.3) is 0 Å². The maximum absolute atomic E-state index is 12.0. The molecule has 1 heterocycles. The van der Waals surface area contributed by atoms with Crippen molar-refractivity contribution in [3.05, 3.63) is 24.3 Å². The molecule has 1 aromatic rings. The van der Waals surface area contributed by atoms with Crippen molar-refractivity contribution < 1.29 is 14.3 Å². The molecule has 21 heavy (non-hydrogen) atoms. The Morgan fingerprint density at radius 2 is 2.10 bits per heavy atom. The lowest BCUT2D eigenvalue weighted by atomic mass is 10.2. The summed E-state index contributed by atoms with van der Waals surface area (Å²) in [5, 5.41) is 8.47. The molecule has 2 rings (SSSR count). The number of carbonyl (C=O) groups excluding carboxylic acids is 2. The molecule has 6 heteroatoms. The fourth-order valence-corrected chi connectivity index (χ4v) is 1.92. The lowest BCUT2D eigenvalue weighted by molar-refractivity contribution is -0.130. The molecule has 1 aliphatic rings. The normalized spacial score (nSPS) is 16.4. The van der Waals surface area contributed by atoms with Crippen LogP contribution >= 0.6 is 0 Å². The van der Waals surface area contributed by atoms with Gasteiger partial charge < -0.3 is 20.7 Å². The zero-order valence-corrected chi connectivity index (χ0v) is 12.3. The second-order valence-electron chi connectivity index (χ2n) is 5.40. The van der Waals surface area contributed by atoms with Gasteiger partial charge in [-0.05, 0) is 18.1 Å². The van der Waals surface area contributed by atoms with Crippen molar-refractivity contribution in [2.45, 2.75) is 20.0 Å². The van der Waals surface area contributed by atoms with Crippen LogP contribution in [0.3, 0.4) is 0 Å². The molecule has 0 aliphatic carbocycles. The van der Waals surface area contributed by atoms with Gasteiger partial charge in [0.2, 0.25) is 5.91 Å². The van der Waals surface area contributed by atoms with E-state index in [1.165, 1.54) is 0 Å². The molecule has 1 aliphatic heterocycles. The second-order valence-corrected chi connectivity index (χ2v) is 5.40. The monoisotopic (exact) mass is 291 g/mol. The molecule has 114 valence electrons. The number of fused-ring (bicyclic) bond motifs is 1. The van der Waals surface area contributed by atoms with E-state index in [4.69, 9.17) is 4.74 Å². The molecular weight excluding hydrogens is 270 g/mol. The van der Waals surface area contributed by atoms with Gasteiger partial charge in [0, 0.05) is 6.54 Å². The first-order chi connectivity index (χ1) is 10.1. The Hall–Kier alpha value is -2.24. The van der Waals surface area contributed by atoms with Crippen molar-refractivity contribution in [1.82, 2.24) is 10.6 Å². The average Bonchev–Trinajstić information content (AvgIpc) is 2.50. The van der Waals surface area contributed by atoms with Gasteiger partial charge >= 0.3 is 0 Å². The molecule has 1 unspecified atom stereocenters. The first kappa shape index (κ1) is 15.2. The van der Waals surface area contributed by atoms with Gasteiger partial charge in [-0.1, -0.05) is 26.0 Å². The fourth-order valence-electron chi connectivity index (χ4n) is 1.92. The third-order valence-corrected chi connectivity index (χ3v) is 3.06. The highest BCUT2D eigenvalue weighted by Crippen LogP contribution is 2.27. The summed E-state index contributed by atoms with van der Waals surface area (Å²) in [7, 11) is 0. The minimum absolute atomic E-state index is 0.0347. The lowest BCUT2D eigenvalue weighted by Crippen LogP contribution is -2.47. The van der Waals surface area contributed by atoms with Gasteiger partial charge in [-0.3, -0.25) is 9.59 Å². The number of para-hydroxylation sites is 2. The Labute approximate surface area is 124 Å². The van der Waals surface area contributed by atoms with Crippen LogP contribution in [0.5, 0.6) is 5.75 Å². The van der Waals surface area contributed by atoms with Gasteiger partial charge in [-0.15, -0.1) is 0 Å². The van der Waals surface area contributed by atoms with E-state index >= 15 is 0 Å². The van der Waals surface area contributed by atoms with Gasteiger partial charge in [-0.2, -0.15) is 0 Å². The number of hydrogen-bond donors (Lipinski definition) is 3. The predicted molar refractivity (Wildman–Crippen MR) is 80.2 cm³/mol. The van der Waals surface area contributed by atoms with Gasteiger partial charge in [0.25, 0.3) is 5.91 Å². The van der Waals surface area contributed by atoms with Gasteiger partial charge in [0.1, 0.15) is 5.75 Å². The van der Waals surface area contributed by atoms with Gasteiger partial charge in [-0.25, -0.2) is 0 Å². The van der Waals surface area contributed by atoms with Crippen molar-refractivity contribution in [3.8, 4) is 5.75 Å². The number of anilines is 1. The number of amides is 2. The third-order valence-electron chi connectivity index (χ3n) is 3.06. The summed E-state index contributed by atoms with van der Waals surface area (Å²) in [6.45, 7) is 4.97. The molecule has 0 bridgehead atoms. The minimum atomic E-state index is -0.627. The number of rotatable bonds is 5. The summed E-state index contributed by atoms with van der Waals surface area (Å²) in [4.78, 5) is 23.5. The molecule has 0 saturated carbocycles. The molecule has 0 spiro atoms. The van der Waals surface area contributed by atoms with Crippen molar-refractivity contribution >= 4 is 17.5 Å². The van der Waals surface area contributed by atoms with Crippen molar-refractivity contribution in [3.63, 3.8) is 0 Å². The van der Waals surface area contributed by atoms with E-state index in [1.807, 2.05) is 32.0 Å². The van der Waals surface area contributed by atoms with Crippen molar-refractivity contribution in [2.24, 2.45) is 5.92 Å². The summed E-state index contributed by atoms with van der Waals surface area (Å²) in [5.41, 5.74) is 0.872. The highest BCUT2D eigenvalue weighted by atomic mass is 16.5. The van der Waals surface area contributed by atoms with Crippen molar-refractivity contribution in [2.75, 3.05) is 25.0 Å². The largest absolute Gasteiger partial charge is 0.477 e. The SMILES string of the molecule is CC(C)CNC(=O)CNC(=O)C1CNc2ccccc2O1. The molecule has 0 radical (unpaired) electrons. The maximum Gasteiger partial charge on any atom is 0.263 e. The van der Waals surface area contributed by atoms with Gasteiger partial charge in [0.15, 0.2) is 6.10 Å². The van der Waals surface area contributed by atoms with E-state index < -0.39 is 6.10 Å². The standard InChI is InChI=1S/C15H21N3O3/c1-10(2)7-17-14(19)9-18-15(20)13-8-16-11-5-3-4-6-12(11)21-13/h3-6,10,13,16H,7-9H2,1-2H3,(H,17,19)(H,18,20). The number of nitrogens with one attached hydrogen (secondary N) is 3. The number of hydrogen-bond acceptors (Lipinski definition) is 4. The molecule has 0 fully saturated rings. The van der Waals surface area contributed by atoms with Crippen LogP contribution in [0.1, 0.15) is 13.8 Å².